The van der Waals surface area contributed by atoms with Crippen LogP contribution in [0.3, 0.4) is 0 Å². The highest BCUT2D eigenvalue weighted by molar-refractivity contribution is 5.68. The molecule has 18 heavy (non-hydrogen) atoms. The van der Waals surface area contributed by atoms with Crippen molar-refractivity contribution < 1.29 is 4.74 Å². The van der Waals surface area contributed by atoms with E-state index in [0.717, 1.165) is 30.3 Å². The third kappa shape index (κ3) is 2.03. The van der Waals surface area contributed by atoms with E-state index >= 15 is 0 Å². The summed E-state index contributed by atoms with van der Waals surface area (Å²) in [6, 6.07) is 2.68. The molecule has 1 saturated heterocycles. The van der Waals surface area contributed by atoms with Gasteiger partial charge in [0.05, 0.1) is 12.8 Å². The SMILES string of the molecule is COc1cc(C2=C[C@H]3NCC[C@H]3CC2)cnc1C. The van der Waals surface area contributed by atoms with Crippen LogP contribution in [0.15, 0.2) is 18.3 Å². The van der Waals surface area contributed by atoms with E-state index in [-0.39, 0.29) is 0 Å². The van der Waals surface area contributed by atoms with Crippen molar-refractivity contribution in [3.63, 3.8) is 0 Å². The van der Waals surface area contributed by atoms with Crippen LogP contribution in [-0.2, 0) is 0 Å². The van der Waals surface area contributed by atoms with Crippen molar-refractivity contribution in [3.05, 3.63) is 29.6 Å². The summed E-state index contributed by atoms with van der Waals surface area (Å²) < 4.78 is 5.36. The standard InChI is InChI=1S/C15H20N2O/c1-10-15(18-2)8-13(9-17-10)12-4-3-11-5-6-16-14(11)7-12/h7-9,11,14,16H,3-6H2,1-2H3/t11-,14-/m1/s1. The molecular formula is C15H20N2O. The minimum absolute atomic E-state index is 0.570. The van der Waals surface area contributed by atoms with Gasteiger partial charge in [0.2, 0.25) is 0 Å². The van der Waals surface area contributed by atoms with Crippen LogP contribution in [0.4, 0.5) is 0 Å². The molecule has 1 N–H and O–H groups in total. The van der Waals surface area contributed by atoms with E-state index in [0.29, 0.717) is 6.04 Å². The van der Waals surface area contributed by atoms with Crippen LogP contribution in [-0.4, -0.2) is 24.7 Å². The van der Waals surface area contributed by atoms with E-state index in [1.807, 2.05) is 13.1 Å². The van der Waals surface area contributed by atoms with Crippen LogP contribution in [0, 0.1) is 12.8 Å². The lowest BCUT2D eigenvalue weighted by Crippen LogP contribution is -2.27. The van der Waals surface area contributed by atoms with Crippen LogP contribution in [0.25, 0.3) is 5.57 Å². The predicted octanol–water partition coefficient (Wildman–Crippen LogP) is 2.55. The van der Waals surface area contributed by atoms with Gasteiger partial charge in [0.25, 0.3) is 0 Å². The number of pyridine rings is 1. The van der Waals surface area contributed by atoms with Gasteiger partial charge in [-0.25, -0.2) is 0 Å². The molecule has 1 aliphatic heterocycles. The largest absolute Gasteiger partial charge is 0.495 e. The Labute approximate surface area is 108 Å². The molecule has 0 unspecified atom stereocenters. The third-order valence-corrected chi connectivity index (χ3v) is 4.20. The van der Waals surface area contributed by atoms with Crippen molar-refractivity contribution in [2.24, 2.45) is 5.92 Å². The van der Waals surface area contributed by atoms with Crippen molar-refractivity contribution in [1.82, 2.24) is 10.3 Å². The number of rotatable bonds is 2. The molecule has 3 nitrogen and oxygen atoms in total. The molecule has 1 aliphatic carbocycles. The highest BCUT2D eigenvalue weighted by atomic mass is 16.5. The molecule has 2 atom stereocenters. The zero-order chi connectivity index (χ0) is 12.5. The second-order valence-electron chi connectivity index (χ2n) is 5.27. The first kappa shape index (κ1) is 11.7. The van der Waals surface area contributed by atoms with Gasteiger partial charge in [-0.15, -0.1) is 0 Å². The van der Waals surface area contributed by atoms with Gasteiger partial charge in [-0.05, 0) is 55.9 Å². The highest BCUT2D eigenvalue weighted by Gasteiger charge is 2.29. The zero-order valence-corrected chi connectivity index (χ0v) is 11.1. The monoisotopic (exact) mass is 244 g/mol. The first-order valence-corrected chi connectivity index (χ1v) is 6.73. The van der Waals surface area contributed by atoms with Crippen molar-refractivity contribution >= 4 is 5.57 Å². The molecule has 96 valence electrons. The van der Waals surface area contributed by atoms with Gasteiger partial charge in [0, 0.05) is 12.2 Å². The average Bonchev–Trinajstić information content (AvgIpc) is 2.86. The molecule has 3 rings (SSSR count). The first-order valence-electron chi connectivity index (χ1n) is 6.73. The average molecular weight is 244 g/mol. The zero-order valence-electron chi connectivity index (χ0n) is 11.1. The molecule has 0 saturated carbocycles. The van der Waals surface area contributed by atoms with E-state index in [2.05, 4.69) is 22.4 Å². The molecule has 0 bridgehead atoms. The number of hydrogen-bond donors (Lipinski definition) is 1. The number of aromatic nitrogens is 1. The second kappa shape index (κ2) is 4.73. The van der Waals surface area contributed by atoms with Gasteiger partial charge >= 0.3 is 0 Å². The Morgan fingerprint density at radius 2 is 2.28 bits per heavy atom. The molecule has 3 heteroatoms. The van der Waals surface area contributed by atoms with Gasteiger partial charge in [0.1, 0.15) is 5.75 Å². The summed E-state index contributed by atoms with van der Waals surface area (Å²) in [4.78, 5) is 4.42. The number of methoxy groups -OCH3 is 1. The normalized spacial score (nSPS) is 26.7. The molecule has 0 spiro atoms. The minimum atomic E-state index is 0.570. The fourth-order valence-corrected chi connectivity index (χ4v) is 3.08. The topological polar surface area (TPSA) is 34.1 Å². The van der Waals surface area contributed by atoms with Crippen molar-refractivity contribution in [2.45, 2.75) is 32.2 Å². The Morgan fingerprint density at radius 1 is 1.39 bits per heavy atom. The Balaban J connectivity index is 1.90. The Morgan fingerprint density at radius 3 is 3.11 bits per heavy atom. The molecule has 0 amide bonds. The summed E-state index contributed by atoms with van der Waals surface area (Å²) in [5.74, 6) is 1.73. The lowest BCUT2D eigenvalue weighted by Gasteiger charge is -2.24. The maximum atomic E-state index is 5.36. The Kier molecular flexibility index (Phi) is 3.08. The number of hydrogen-bond acceptors (Lipinski definition) is 3. The van der Waals surface area contributed by atoms with Gasteiger partial charge in [-0.2, -0.15) is 0 Å². The van der Waals surface area contributed by atoms with Crippen LogP contribution in [0.1, 0.15) is 30.5 Å². The molecule has 1 aromatic heterocycles. The lowest BCUT2D eigenvalue weighted by molar-refractivity contribution is 0.409. The summed E-state index contributed by atoms with van der Waals surface area (Å²) in [6.07, 6.45) is 8.15. The van der Waals surface area contributed by atoms with E-state index in [4.69, 9.17) is 4.74 Å². The predicted molar refractivity (Wildman–Crippen MR) is 72.6 cm³/mol. The highest BCUT2D eigenvalue weighted by Crippen LogP contribution is 2.35. The second-order valence-corrected chi connectivity index (χ2v) is 5.27. The van der Waals surface area contributed by atoms with Crippen LogP contribution >= 0.6 is 0 Å². The fourth-order valence-electron chi connectivity index (χ4n) is 3.08. The summed E-state index contributed by atoms with van der Waals surface area (Å²) >= 11 is 0. The molecule has 0 radical (unpaired) electrons. The summed E-state index contributed by atoms with van der Waals surface area (Å²) in [5.41, 5.74) is 3.58. The third-order valence-electron chi connectivity index (χ3n) is 4.20. The number of allylic oxidation sites excluding steroid dienone is 1. The molecule has 1 aromatic rings. The van der Waals surface area contributed by atoms with Crippen LogP contribution in [0.5, 0.6) is 5.75 Å². The maximum absolute atomic E-state index is 5.36. The minimum Gasteiger partial charge on any atom is -0.495 e. The number of fused-ring (bicyclic) bond motifs is 1. The quantitative estimate of drug-likeness (QED) is 0.868. The van der Waals surface area contributed by atoms with Crippen LogP contribution in [0.2, 0.25) is 0 Å². The molecule has 2 aliphatic rings. The summed E-state index contributed by atoms with van der Waals surface area (Å²) in [5, 5.41) is 3.57. The number of ether oxygens (including phenoxy) is 1. The molecule has 1 fully saturated rings. The Bertz CT molecular complexity index is 481. The molecule has 0 aromatic carbocycles. The van der Waals surface area contributed by atoms with Crippen molar-refractivity contribution in [3.8, 4) is 5.75 Å². The van der Waals surface area contributed by atoms with Crippen molar-refractivity contribution in [1.29, 1.82) is 0 Å². The number of nitrogens with zero attached hydrogens (tertiary/aromatic N) is 1. The van der Waals surface area contributed by atoms with Gasteiger partial charge in [-0.3, -0.25) is 4.98 Å². The van der Waals surface area contributed by atoms with Crippen LogP contribution < -0.4 is 10.1 Å². The number of aryl methyl sites for hydroxylation is 1. The van der Waals surface area contributed by atoms with E-state index in [1.54, 1.807) is 7.11 Å². The van der Waals surface area contributed by atoms with Gasteiger partial charge < -0.3 is 10.1 Å². The van der Waals surface area contributed by atoms with E-state index in [9.17, 15) is 0 Å². The van der Waals surface area contributed by atoms with E-state index < -0.39 is 0 Å². The summed E-state index contributed by atoms with van der Waals surface area (Å²) in [7, 11) is 1.71. The van der Waals surface area contributed by atoms with E-state index in [1.165, 1.54) is 24.0 Å². The molecule has 2 heterocycles. The number of nitrogens with one attached hydrogen (secondary N) is 1. The fraction of sp³-hybridized carbons (Fsp3) is 0.533. The smallest absolute Gasteiger partial charge is 0.140 e. The lowest BCUT2D eigenvalue weighted by atomic mass is 9.84. The Hall–Kier alpha value is -1.35. The van der Waals surface area contributed by atoms with Crippen molar-refractivity contribution in [2.75, 3.05) is 13.7 Å². The van der Waals surface area contributed by atoms with Gasteiger partial charge in [0.15, 0.2) is 0 Å². The summed E-state index contributed by atoms with van der Waals surface area (Å²) in [6.45, 7) is 3.14. The van der Waals surface area contributed by atoms with Gasteiger partial charge in [-0.1, -0.05) is 6.08 Å². The first-order chi connectivity index (χ1) is 8.78. The molecular weight excluding hydrogens is 224 g/mol. The maximum Gasteiger partial charge on any atom is 0.140 e.